The van der Waals surface area contributed by atoms with Crippen molar-refractivity contribution in [1.29, 1.82) is 0 Å². The number of aromatic hydroxyl groups is 10. The summed E-state index contributed by atoms with van der Waals surface area (Å²) in [6.07, 6.45) is -10.9. The third kappa shape index (κ3) is 4.57. The molecule has 0 amide bonds. The van der Waals surface area contributed by atoms with E-state index in [4.69, 9.17) is 23.0 Å². The predicted molar refractivity (Wildman–Crippen MR) is 177 cm³/mol. The van der Waals surface area contributed by atoms with Crippen molar-refractivity contribution < 1.29 is 99.0 Å². The van der Waals surface area contributed by atoms with Crippen LogP contribution in [-0.4, -0.2) is 116 Å². The molecule has 2 aliphatic heterocycles. The molecule has 6 aromatic rings. The summed E-state index contributed by atoms with van der Waals surface area (Å²) in [5, 5.41) is 137. The molecule has 5 atom stereocenters. The first kappa shape index (κ1) is 35.6. The number of esters is 2. The minimum absolute atomic E-state index is 0.424. The lowest BCUT2D eigenvalue weighted by atomic mass is 9.88. The summed E-state index contributed by atoms with van der Waals surface area (Å²) in [5.74, 6) is -17.2. The minimum atomic E-state index is -2.28. The number of fused-ring (bicyclic) bond motifs is 5. The molecule has 8 rings (SSSR count). The standard InChI is InChI=1S/C34H22O22/c35-6-1-4-9(19(39)17(6)37)11-15-13-14-16(33(50)56-28(13)23(43)21(11)41)12(22(42)24(44)29(14)55-32(15)49)10-5(2-7(36)18(38)20(10)40)31(48)54-27-8(3-52-30(4)47)53-34(51)26(46)25(27)45/h1-2,8,25-27,34-46,51H,3H2/t8-,25+,26-,27+,34+/m0/s1. The maximum Gasteiger partial charge on any atom is 0.345 e. The Morgan fingerprint density at radius 2 is 0.929 bits per heavy atom. The lowest BCUT2D eigenvalue weighted by molar-refractivity contribution is -0.285. The first-order valence-electron chi connectivity index (χ1n) is 15.7. The molecule has 22 heteroatoms. The van der Waals surface area contributed by atoms with Gasteiger partial charge in [0.2, 0.25) is 23.0 Å². The Kier molecular flexibility index (Phi) is 7.50. The van der Waals surface area contributed by atoms with Gasteiger partial charge in [-0.05, 0) is 12.1 Å². The second kappa shape index (κ2) is 11.8. The second-order valence-corrected chi connectivity index (χ2v) is 12.6. The molecule has 56 heavy (non-hydrogen) atoms. The van der Waals surface area contributed by atoms with Gasteiger partial charge >= 0.3 is 23.2 Å². The van der Waals surface area contributed by atoms with Gasteiger partial charge in [-0.3, -0.25) is 0 Å². The Bertz CT molecular complexity index is 2870. The van der Waals surface area contributed by atoms with E-state index in [0.29, 0.717) is 12.1 Å². The highest BCUT2D eigenvalue weighted by molar-refractivity contribution is 6.29. The number of carbonyl (C=O) groups is 2. The number of phenols is 10. The molecule has 0 radical (unpaired) electrons. The summed E-state index contributed by atoms with van der Waals surface area (Å²) in [4.78, 5) is 55.4. The molecule has 13 N–H and O–H groups in total. The van der Waals surface area contributed by atoms with Crippen molar-refractivity contribution in [2.75, 3.05) is 6.61 Å². The van der Waals surface area contributed by atoms with E-state index in [2.05, 4.69) is 0 Å². The van der Waals surface area contributed by atoms with Crippen molar-refractivity contribution in [2.45, 2.75) is 30.7 Å². The van der Waals surface area contributed by atoms with E-state index in [0.717, 1.165) is 0 Å². The van der Waals surface area contributed by atoms with Crippen LogP contribution in [0.2, 0.25) is 0 Å². The highest BCUT2D eigenvalue weighted by Crippen LogP contribution is 2.58. The van der Waals surface area contributed by atoms with Crippen LogP contribution in [0.15, 0.2) is 30.6 Å². The van der Waals surface area contributed by atoms with Crippen LogP contribution in [0.4, 0.5) is 0 Å². The molecule has 4 aromatic carbocycles. The number of aliphatic hydroxyl groups excluding tert-OH is 3. The minimum Gasteiger partial charge on any atom is -0.504 e. The summed E-state index contributed by atoms with van der Waals surface area (Å²) in [7, 11) is 0. The normalized spacial score (nSPS) is 21.3. The average molecular weight is 783 g/mol. The fourth-order valence-electron chi connectivity index (χ4n) is 7.00. The molecular formula is C34H22O22. The average Bonchev–Trinajstić information content (AvgIpc) is 3.15. The van der Waals surface area contributed by atoms with Crippen molar-refractivity contribution in [3.8, 4) is 79.7 Å². The SMILES string of the molecule is O=C1OC[C@@H]2O[C@@H](O)[C@@H](O)[C@@H](O)[C@@H]2OC(=O)c2cc(O)c(O)c(O)c2-c2c(O)c(O)c3oc(=O)c4c(c(O)c(O)c5oc(=O)c2c3c54)-c2c1cc(O)c(O)c2O. The van der Waals surface area contributed by atoms with Crippen molar-refractivity contribution >= 4 is 44.6 Å². The van der Waals surface area contributed by atoms with E-state index in [9.17, 15) is 85.6 Å². The molecule has 4 heterocycles. The molecule has 0 saturated carbocycles. The van der Waals surface area contributed by atoms with Gasteiger partial charge in [0.15, 0.2) is 58.1 Å². The zero-order chi connectivity index (χ0) is 40.6. The van der Waals surface area contributed by atoms with E-state index in [1.165, 1.54) is 0 Å². The Hall–Kier alpha value is -7.40. The van der Waals surface area contributed by atoms with Crippen molar-refractivity contribution in [3.05, 3.63) is 44.1 Å². The number of cyclic esters (lactones) is 1. The Balaban J connectivity index is 1.62. The number of ether oxygens (including phenoxy) is 3. The van der Waals surface area contributed by atoms with Crippen LogP contribution in [-0.2, 0) is 14.2 Å². The van der Waals surface area contributed by atoms with Gasteiger partial charge in [0.1, 0.15) is 24.9 Å². The molecular weight excluding hydrogens is 760 g/mol. The van der Waals surface area contributed by atoms with Gasteiger partial charge in [0.25, 0.3) is 0 Å². The van der Waals surface area contributed by atoms with Gasteiger partial charge in [0.05, 0.1) is 21.9 Å². The Morgan fingerprint density at radius 3 is 1.39 bits per heavy atom. The van der Waals surface area contributed by atoms with Gasteiger partial charge in [0, 0.05) is 33.0 Å². The van der Waals surface area contributed by atoms with E-state index in [1.54, 1.807) is 0 Å². The molecule has 22 nitrogen and oxygen atoms in total. The maximum atomic E-state index is 14.0. The number of benzene rings is 4. The van der Waals surface area contributed by atoms with Crippen molar-refractivity contribution in [3.63, 3.8) is 0 Å². The van der Waals surface area contributed by atoms with Crippen LogP contribution in [0.5, 0.6) is 57.5 Å². The second-order valence-electron chi connectivity index (χ2n) is 12.6. The summed E-state index contributed by atoms with van der Waals surface area (Å²) < 4.78 is 26.3. The molecule has 1 fully saturated rings. The molecule has 0 unspecified atom stereocenters. The van der Waals surface area contributed by atoms with Crippen LogP contribution in [0.1, 0.15) is 20.7 Å². The predicted octanol–water partition coefficient (Wildman–Crippen LogP) is 0.0152. The molecule has 0 spiro atoms. The van der Waals surface area contributed by atoms with Crippen LogP contribution < -0.4 is 11.3 Å². The summed E-state index contributed by atoms with van der Waals surface area (Å²) >= 11 is 0. The van der Waals surface area contributed by atoms with Crippen LogP contribution in [0.3, 0.4) is 0 Å². The van der Waals surface area contributed by atoms with E-state index in [1.807, 2.05) is 0 Å². The van der Waals surface area contributed by atoms with E-state index < -0.39 is 184 Å². The fraction of sp³-hybridized carbons (Fsp3) is 0.176. The van der Waals surface area contributed by atoms with Gasteiger partial charge in [-0.25, -0.2) is 19.2 Å². The fourth-order valence-corrected chi connectivity index (χ4v) is 7.00. The Morgan fingerprint density at radius 1 is 0.500 bits per heavy atom. The lowest BCUT2D eigenvalue weighted by Crippen LogP contribution is -2.60. The molecule has 1 saturated heterocycles. The van der Waals surface area contributed by atoms with Crippen LogP contribution in [0.25, 0.3) is 55.0 Å². The summed E-state index contributed by atoms with van der Waals surface area (Å²) in [6, 6.07) is 0.887. The number of aliphatic hydroxyl groups is 3. The molecule has 0 aliphatic carbocycles. The number of hydrogen-bond acceptors (Lipinski definition) is 22. The zero-order valence-corrected chi connectivity index (χ0v) is 27.2. The number of rotatable bonds is 0. The first-order chi connectivity index (χ1) is 26.4. The highest BCUT2D eigenvalue weighted by Gasteiger charge is 2.48. The third-order valence-electron chi connectivity index (χ3n) is 9.58. The molecule has 2 aliphatic rings. The van der Waals surface area contributed by atoms with Crippen molar-refractivity contribution in [2.24, 2.45) is 0 Å². The smallest absolute Gasteiger partial charge is 0.345 e. The topological polar surface area (TPSA) is 385 Å². The molecule has 6 bridgehead atoms. The quantitative estimate of drug-likeness (QED) is 0.0418. The van der Waals surface area contributed by atoms with Crippen molar-refractivity contribution in [1.82, 2.24) is 0 Å². The van der Waals surface area contributed by atoms with Crippen LogP contribution >= 0.6 is 0 Å². The first-order valence-corrected chi connectivity index (χ1v) is 15.7. The van der Waals surface area contributed by atoms with Gasteiger partial charge in [-0.15, -0.1) is 0 Å². The number of carbonyl (C=O) groups excluding carboxylic acids is 2. The third-order valence-corrected chi connectivity index (χ3v) is 9.58. The lowest BCUT2D eigenvalue weighted by Gasteiger charge is -2.40. The van der Waals surface area contributed by atoms with Gasteiger partial charge < -0.3 is 89.4 Å². The zero-order valence-electron chi connectivity index (χ0n) is 27.2. The molecule has 290 valence electrons. The number of hydrogen-bond donors (Lipinski definition) is 13. The van der Waals surface area contributed by atoms with Gasteiger partial charge in [-0.1, -0.05) is 0 Å². The summed E-state index contributed by atoms with van der Waals surface area (Å²) in [5.41, 5.74) is -11.8. The number of phenolic OH excluding ortho intramolecular Hbond substituents is 10. The highest BCUT2D eigenvalue weighted by atomic mass is 16.7. The van der Waals surface area contributed by atoms with Crippen LogP contribution in [0, 0.1) is 0 Å². The summed E-state index contributed by atoms with van der Waals surface area (Å²) in [6.45, 7) is -1.15. The van der Waals surface area contributed by atoms with E-state index in [-0.39, 0.29) is 0 Å². The molecule has 2 aromatic heterocycles. The van der Waals surface area contributed by atoms with Gasteiger partial charge in [-0.2, -0.15) is 0 Å². The maximum absolute atomic E-state index is 14.0. The largest absolute Gasteiger partial charge is 0.504 e. The Labute approximate surface area is 304 Å². The monoisotopic (exact) mass is 782 g/mol. The van der Waals surface area contributed by atoms with E-state index >= 15 is 0 Å².